The van der Waals surface area contributed by atoms with Crippen LogP contribution in [0.5, 0.6) is 0 Å². The van der Waals surface area contributed by atoms with Crippen LogP contribution in [0.3, 0.4) is 0 Å². The van der Waals surface area contributed by atoms with Crippen molar-refractivity contribution in [3.05, 3.63) is 34.9 Å². The summed E-state index contributed by atoms with van der Waals surface area (Å²) in [5, 5.41) is 0. The van der Waals surface area contributed by atoms with E-state index in [1.54, 1.807) is 6.92 Å². The maximum Gasteiger partial charge on any atom is 0.416 e. The molecule has 0 spiro atoms. The van der Waals surface area contributed by atoms with Crippen LogP contribution in [0.1, 0.15) is 30.5 Å². The molecule has 0 fully saturated rings. The van der Waals surface area contributed by atoms with Gasteiger partial charge in [0, 0.05) is 11.6 Å². The molecule has 16 heavy (non-hydrogen) atoms. The summed E-state index contributed by atoms with van der Waals surface area (Å²) in [5.41, 5.74) is 3.54. The molecule has 0 saturated carbocycles. The molecular weight excluding hydrogens is 229 g/mol. The second-order valence-corrected chi connectivity index (χ2v) is 3.37. The largest absolute Gasteiger partial charge is 0.416 e. The van der Waals surface area contributed by atoms with Crippen molar-refractivity contribution < 1.29 is 22.0 Å². The molecule has 0 saturated heterocycles. The third-order valence-electron chi connectivity index (χ3n) is 2.22. The Morgan fingerprint density at radius 2 is 1.62 bits per heavy atom. The summed E-state index contributed by atoms with van der Waals surface area (Å²) in [7, 11) is 0. The number of rotatable bonds is 2. The summed E-state index contributed by atoms with van der Waals surface area (Å²) in [6.45, 7) is 1.58. The first-order chi connectivity index (χ1) is 7.27. The van der Waals surface area contributed by atoms with E-state index in [0.717, 1.165) is 0 Å². The van der Waals surface area contributed by atoms with E-state index in [1.807, 2.05) is 0 Å². The van der Waals surface area contributed by atoms with Gasteiger partial charge in [0.25, 0.3) is 0 Å². The van der Waals surface area contributed by atoms with E-state index in [0.29, 0.717) is 0 Å². The molecule has 0 aromatic heterocycles. The molecule has 0 amide bonds. The maximum atomic E-state index is 13.3. The van der Waals surface area contributed by atoms with Gasteiger partial charge in [-0.25, -0.2) is 8.78 Å². The van der Waals surface area contributed by atoms with Gasteiger partial charge >= 0.3 is 6.18 Å². The van der Waals surface area contributed by atoms with E-state index >= 15 is 0 Å². The number of benzene rings is 1. The van der Waals surface area contributed by atoms with Gasteiger partial charge in [0.15, 0.2) is 0 Å². The first kappa shape index (κ1) is 12.9. The SMILES string of the molecule is CCC(N)c1c(F)cc(C(F)(F)F)cc1F. The molecule has 1 unspecified atom stereocenters. The molecule has 0 aliphatic rings. The molecule has 0 heterocycles. The van der Waals surface area contributed by atoms with E-state index in [-0.39, 0.29) is 18.6 Å². The number of hydrogen-bond donors (Lipinski definition) is 1. The molecule has 1 aromatic rings. The Bertz CT molecular complexity index is 362. The summed E-state index contributed by atoms with van der Waals surface area (Å²) in [5.74, 6) is -2.52. The van der Waals surface area contributed by atoms with Gasteiger partial charge in [0.2, 0.25) is 0 Å². The summed E-state index contributed by atoms with van der Waals surface area (Å²) < 4.78 is 63.1. The minimum atomic E-state index is -4.77. The second-order valence-electron chi connectivity index (χ2n) is 3.37. The van der Waals surface area contributed by atoms with Gasteiger partial charge in [0.05, 0.1) is 5.56 Å². The highest BCUT2D eigenvalue weighted by Crippen LogP contribution is 2.32. The van der Waals surface area contributed by atoms with Crippen LogP contribution in [0.25, 0.3) is 0 Å². The fraction of sp³-hybridized carbons (Fsp3) is 0.400. The lowest BCUT2D eigenvalue weighted by molar-refractivity contribution is -0.138. The van der Waals surface area contributed by atoms with Crippen LogP contribution in [0.15, 0.2) is 12.1 Å². The van der Waals surface area contributed by atoms with Gasteiger partial charge in [-0.15, -0.1) is 0 Å². The normalized spacial score (nSPS) is 13.9. The smallest absolute Gasteiger partial charge is 0.324 e. The minimum Gasteiger partial charge on any atom is -0.324 e. The van der Waals surface area contributed by atoms with E-state index in [2.05, 4.69) is 0 Å². The van der Waals surface area contributed by atoms with Crippen LogP contribution >= 0.6 is 0 Å². The van der Waals surface area contributed by atoms with Gasteiger partial charge in [-0.05, 0) is 18.6 Å². The molecule has 6 heteroatoms. The lowest BCUT2D eigenvalue weighted by atomic mass is 10.0. The molecule has 0 radical (unpaired) electrons. The summed E-state index contributed by atoms with van der Waals surface area (Å²) >= 11 is 0. The molecule has 1 nitrogen and oxygen atoms in total. The number of alkyl halides is 3. The first-order valence-corrected chi connectivity index (χ1v) is 4.59. The van der Waals surface area contributed by atoms with Gasteiger partial charge < -0.3 is 5.73 Å². The van der Waals surface area contributed by atoms with Crippen molar-refractivity contribution in [2.24, 2.45) is 5.73 Å². The predicted molar refractivity (Wildman–Crippen MR) is 48.6 cm³/mol. The van der Waals surface area contributed by atoms with E-state index in [4.69, 9.17) is 5.73 Å². The van der Waals surface area contributed by atoms with Crippen LogP contribution in [0, 0.1) is 11.6 Å². The lowest BCUT2D eigenvalue weighted by Gasteiger charge is -2.14. The van der Waals surface area contributed by atoms with Crippen LogP contribution in [0.2, 0.25) is 0 Å². The Balaban J connectivity index is 3.28. The quantitative estimate of drug-likeness (QED) is 0.786. The van der Waals surface area contributed by atoms with Crippen molar-refractivity contribution >= 4 is 0 Å². The highest BCUT2D eigenvalue weighted by Gasteiger charge is 2.33. The Morgan fingerprint density at radius 1 is 1.19 bits per heavy atom. The summed E-state index contributed by atoms with van der Waals surface area (Å²) in [6.07, 6.45) is -4.53. The molecular formula is C10H10F5N. The molecule has 2 N–H and O–H groups in total. The molecule has 1 atom stereocenters. The zero-order chi connectivity index (χ0) is 12.5. The van der Waals surface area contributed by atoms with Gasteiger partial charge in [-0.2, -0.15) is 13.2 Å². The molecule has 0 aliphatic carbocycles. The standard InChI is InChI=1S/C10H10F5N/c1-2-8(16)9-6(11)3-5(4-7(9)12)10(13,14)15/h3-4,8H,2,16H2,1H3. The maximum absolute atomic E-state index is 13.3. The lowest BCUT2D eigenvalue weighted by Crippen LogP contribution is -2.15. The van der Waals surface area contributed by atoms with Crippen LogP contribution in [-0.2, 0) is 6.18 Å². The second kappa shape index (κ2) is 4.37. The topological polar surface area (TPSA) is 26.0 Å². The fourth-order valence-corrected chi connectivity index (χ4v) is 1.31. The van der Waals surface area contributed by atoms with Crippen LogP contribution in [0.4, 0.5) is 22.0 Å². The van der Waals surface area contributed by atoms with Crippen LogP contribution < -0.4 is 5.73 Å². The fourth-order valence-electron chi connectivity index (χ4n) is 1.31. The average molecular weight is 239 g/mol. The monoisotopic (exact) mass is 239 g/mol. The first-order valence-electron chi connectivity index (χ1n) is 4.59. The van der Waals surface area contributed by atoms with E-state index in [9.17, 15) is 22.0 Å². The number of hydrogen-bond acceptors (Lipinski definition) is 1. The Morgan fingerprint density at radius 3 is 1.94 bits per heavy atom. The van der Waals surface area contributed by atoms with Crippen molar-refractivity contribution in [3.8, 4) is 0 Å². The Labute approximate surface area is 89.1 Å². The molecule has 90 valence electrons. The predicted octanol–water partition coefficient (Wildman–Crippen LogP) is 3.39. The third kappa shape index (κ3) is 2.49. The molecule has 1 aromatic carbocycles. The van der Waals surface area contributed by atoms with Crippen molar-refractivity contribution in [2.45, 2.75) is 25.6 Å². The zero-order valence-corrected chi connectivity index (χ0v) is 8.41. The van der Waals surface area contributed by atoms with Gasteiger partial charge in [-0.1, -0.05) is 6.92 Å². The van der Waals surface area contributed by atoms with Crippen molar-refractivity contribution in [1.29, 1.82) is 0 Å². The average Bonchev–Trinajstić information content (AvgIpc) is 2.14. The number of halogens is 5. The minimum absolute atomic E-state index is 0.235. The molecule has 0 bridgehead atoms. The van der Waals surface area contributed by atoms with E-state index < -0.39 is 35.0 Å². The number of nitrogens with two attached hydrogens (primary N) is 1. The highest BCUT2D eigenvalue weighted by atomic mass is 19.4. The van der Waals surface area contributed by atoms with Gasteiger partial charge in [0.1, 0.15) is 11.6 Å². The molecule has 0 aliphatic heterocycles. The zero-order valence-electron chi connectivity index (χ0n) is 8.41. The highest BCUT2D eigenvalue weighted by molar-refractivity contribution is 5.30. The van der Waals surface area contributed by atoms with Gasteiger partial charge in [-0.3, -0.25) is 0 Å². The summed E-state index contributed by atoms with van der Waals surface area (Å²) in [4.78, 5) is 0. The Kier molecular flexibility index (Phi) is 3.52. The van der Waals surface area contributed by atoms with E-state index in [1.165, 1.54) is 0 Å². The van der Waals surface area contributed by atoms with Crippen molar-refractivity contribution in [2.75, 3.05) is 0 Å². The Hall–Kier alpha value is -1.17. The van der Waals surface area contributed by atoms with Crippen molar-refractivity contribution in [1.82, 2.24) is 0 Å². The molecule has 1 rings (SSSR count). The summed E-state index contributed by atoms with van der Waals surface area (Å²) in [6, 6.07) is -0.427. The van der Waals surface area contributed by atoms with Crippen molar-refractivity contribution in [3.63, 3.8) is 0 Å². The van der Waals surface area contributed by atoms with Crippen LogP contribution in [-0.4, -0.2) is 0 Å². The third-order valence-corrected chi connectivity index (χ3v) is 2.22.